The molecule has 0 amide bonds. The van der Waals surface area contributed by atoms with Crippen molar-refractivity contribution in [1.82, 2.24) is 0 Å². The standard InChI is InChI=1S/C27H16O2/c28-26(21-14-7-9-17-8-1-2-10-18(17)21)23-16-24-20-12-5-6-15-25(20)29-27(24)22-13-4-3-11-19(22)23/h1-16H. The predicted molar refractivity (Wildman–Crippen MR) is 119 cm³/mol. The van der Waals surface area contributed by atoms with Gasteiger partial charge in [-0.05, 0) is 28.3 Å². The third-order valence-electron chi connectivity index (χ3n) is 5.66. The van der Waals surface area contributed by atoms with Crippen molar-refractivity contribution in [3.63, 3.8) is 0 Å². The van der Waals surface area contributed by atoms with E-state index in [9.17, 15) is 4.79 Å². The lowest BCUT2D eigenvalue weighted by molar-refractivity contribution is 0.104. The second-order valence-electron chi connectivity index (χ2n) is 7.30. The van der Waals surface area contributed by atoms with Gasteiger partial charge in [-0.25, -0.2) is 0 Å². The summed E-state index contributed by atoms with van der Waals surface area (Å²) in [6.07, 6.45) is 0. The molecule has 0 bridgehead atoms. The zero-order valence-corrected chi connectivity index (χ0v) is 15.6. The molecule has 0 radical (unpaired) electrons. The van der Waals surface area contributed by atoms with E-state index in [2.05, 4.69) is 0 Å². The highest BCUT2D eigenvalue weighted by atomic mass is 16.3. The molecule has 136 valence electrons. The van der Waals surface area contributed by atoms with E-state index in [1.54, 1.807) is 0 Å². The summed E-state index contributed by atoms with van der Waals surface area (Å²) in [5.74, 6) is 0.0326. The molecule has 0 aliphatic heterocycles. The topological polar surface area (TPSA) is 30.2 Å². The van der Waals surface area contributed by atoms with E-state index in [0.717, 1.165) is 49.0 Å². The van der Waals surface area contributed by atoms with Crippen molar-refractivity contribution in [2.24, 2.45) is 0 Å². The summed E-state index contributed by atoms with van der Waals surface area (Å²) in [7, 11) is 0. The first-order valence-electron chi connectivity index (χ1n) is 9.67. The van der Waals surface area contributed by atoms with Crippen molar-refractivity contribution >= 4 is 49.3 Å². The van der Waals surface area contributed by atoms with Crippen LogP contribution in [0.2, 0.25) is 0 Å². The molecule has 2 heteroatoms. The van der Waals surface area contributed by atoms with Gasteiger partial charge in [-0.15, -0.1) is 0 Å². The van der Waals surface area contributed by atoms with Crippen LogP contribution in [0.15, 0.2) is 101 Å². The number of carbonyl (C=O) groups is 1. The lowest BCUT2D eigenvalue weighted by atomic mass is 9.92. The second kappa shape index (κ2) is 6.05. The fourth-order valence-corrected chi connectivity index (χ4v) is 4.30. The van der Waals surface area contributed by atoms with Crippen molar-refractivity contribution in [2.75, 3.05) is 0 Å². The van der Waals surface area contributed by atoms with Crippen molar-refractivity contribution in [3.05, 3.63) is 108 Å². The van der Waals surface area contributed by atoms with E-state index >= 15 is 0 Å². The summed E-state index contributed by atoms with van der Waals surface area (Å²) in [5, 5.41) is 5.92. The highest BCUT2D eigenvalue weighted by molar-refractivity contribution is 6.26. The van der Waals surface area contributed by atoms with Gasteiger partial charge < -0.3 is 4.42 Å². The smallest absolute Gasteiger partial charge is 0.194 e. The monoisotopic (exact) mass is 372 g/mol. The average molecular weight is 372 g/mol. The van der Waals surface area contributed by atoms with Crippen LogP contribution >= 0.6 is 0 Å². The van der Waals surface area contributed by atoms with Gasteiger partial charge in [0.05, 0.1) is 0 Å². The van der Waals surface area contributed by atoms with Crippen LogP contribution in [-0.4, -0.2) is 5.78 Å². The van der Waals surface area contributed by atoms with E-state index in [1.165, 1.54) is 0 Å². The summed E-state index contributed by atoms with van der Waals surface area (Å²) in [4.78, 5) is 13.7. The molecule has 0 N–H and O–H groups in total. The second-order valence-corrected chi connectivity index (χ2v) is 7.30. The Morgan fingerprint density at radius 2 is 1.21 bits per heavy atom. The molecule has 1 aromatic heterocycles. The van der Waals surface area contributed by atoms with Gasteiger partial charge in [0.25, 0.3) is 0 Å². The zero-order valence-electron chi connectivity index (χ0n) is 15.6. The highest BCUT2D eigenvalue weighted by Gasteiger charge is 2.19. The SMILES string of the molecule is O=C(c1cccc2ccccc12)c1cc2c3ccccc3oc2c2ccccc12. The number of hydrogen-bond donors (Lipinski definition) is 0. The number of carbonyl (C=O) groups excluding carboxylic acids is 1. The van der Waals surface area contributed by atoms with Gasteiger partial charge in [0, 0.05) is 27.3 Å². The number of para-hydroxylation sites is 1. The average Bonchev–Trinajstić information content (AvgIpc) is 3.16. The van der Waals surface area contributed by atoms with Gasteiger partial charge in [0.2, 0.25) is 0 Å². The molecule has 5 aromatic carbocycles. The Hall–Kier alpha value is -3.91. The Kier molecular flexibility index (Phi) is 3.35. The largest absolute Gasteiger partial charge is 0.455 e. The normalized spacial score (nSPS) is 11.6. The number of hydrogen-bond acceptors (Lipinski definition) is 2. The van der Waals surface area contributed by atoms with Crippen molar-refractivity contribution < 1.29 is 9.21 Å². The molecular formula is C27H16O2. The first-order valence-corrected chi connectivity index (χ1v) is 9.67. The van der Waals surface area contributed by atoms with Crippen LogP contribution in [0.4, 0.5) is 0 Å². The Labute approximate surface area is 167 Å². The number of rotatable bonds is 2. The van der Waals surface area contributed by atoms with Crippen LogP contribution in [0.5, 0.6) is 0 Å². The van der Waals surface area contributed by atoms with Crippen LogP contribution in [0.1, 0.15) is 15.9 Å². The number of ketones is 1. The summed E-state index contributed by atoms with van der Waals surface area (Å²) >= 11 is 0. The molecule has 29 heavy (non-hydrogen) atoms. The first kappa shape index (κ1) is 16.1. The zero-order chi connectivity index (χ0) is 19.4. The van der Waals surface area contributed by atoms with Crippen LogP contribution in [0, 0.1) is 0 Å². The van der Waals surface area contributed by atoms with Gasteiger partial charge in [0.15, 0.2) is 5.78 Å². The van der Waals surface area contributed by atoms with Crippen LogP contribution in [0.25, 0.3) is 43.5 Å². The van der Waals surface area contributed by atoms with Crippen LogP contribution in [0.3, 0.4) is 0 Å². The molecule has 1 heterocycles. The molecule has 0 aliphatic carbocycles. The molecule has 0 spiro atoms. The van der Waals surface area contributed by atoms with E-state index in [-0.39, 0.29) is 5.78 Å². The molecular weight excluding hydrogens is 356 g/mol. The predicted octanol–water partition coefficient (Wildman–Crippen LogP) is 7.12. The minimum atomic E-state index is 0.0326. The third kappa shape index (κ3) is 2.33. The molecule has 6 rings (SSSR count). The molecule has 0 aliphatic rings. The quantitative estimate of drug-likeness (QED) is 0.303. The van der Waals surface area contributed by atoms with E-state index in [0.29, 0.717) is 5.56 Å². The Balaban J connectivity index is 1.72. The summed E-state index contributed by atoms with van der Waals surface area (Å²) in [6.45, 7) is 0. The van der Waals surface area contributed by atoms with Crippen LogP contribution < -0.4 is 0 Å². The van der Waals surface area contributed by atoms with Gasteiger partial charge in [-0.2, -0.15) is 0 Å². The molecule has 0 saturated heterocycles. The fraction of sp³-hybridized carbons (Fsp3) is 0. The number of furan rings is 1. The Bertz CT molecular complexity index is 1560. The van der Waals surface area contributed by atoms with Crippen LogP contribution in [-0.2, 0) is 0 Å². The maximum Gasteiger partial charge on any atom is 0.194 e. The van der Waals surface area contributed by atoms with Crippen molar-refractivity contribution in [3.8, 4) is 0 Å². The fourth-order valence-electron chi connectivity index (χ4n) is 4.30. The maximum absolute atomic E-state index is 13.7. The molecule has 0 atom stereocenters. The summed E-state index contributed by atoms with van der Waals surface area (Å²) in [5.41, 5.74) is 3.09. The summed E-state index contributed by atoms with van der Waals surface area (Å²) < 4.78 is 6.17. The molecule has 2 nitrogen and oxygen atoms in total. The Morgan fingerprint density at radius 3 is 2.07 bits per heavy atom. The minimum absolute atomic E-state index is 0.0326. The van der Waals surface area contributed by atoms with Gasteiger partial charge in [0.1, 0.15) is 11.2 Å². The molecule has 0 fully saturated rings. The number of benzene rings is 5. The van der Waals surface area contributed by atoms with Crippen molar-refractivity contribution in [1.29, 1.82) is 0 Å². The first-order chi connectivity index (χ1) is 14.3. The maximum atomic E-state index is 13.7. The van der Waals surface area contributed by atoms with Gasteiger partial charge in [-0.3, -0.25) is 4.79 Å². The molecule has 6 aromatic rings. The molecule has 0 unspecified atom stereocenters. The minimum Gasteiger partial charge on any atom is -0.455 e. The van der Waals surface area contributed by atoms with Crippen molar-refractivity contribution in [2.45, 2.75) is 0 Å². The van der Waals surface area contributed by atoms with E-state index < -0.39 is 0 Å². The number of fused-ring (bicyclic) bond motifs is 6. The van der Waals surface area contributed by atoms with E-state index in [4.69, 9.17) is 4.42 Å². The molecule has 0 saturated carbocycles. The van der Waals surface area contributed by atoms with Gasteiger partial charge in [-0.1, -0.05) is 84.9 Å². The van der Waals surface area contributed by atoms with Gasteiger partial charge >= 0.3 is 0 Å². The summed E-state index contributed by atoms with van der Waals surface area (Å²) in [6, 6.07) is 31.9. The Morgan fingerprint density at radius 1 is 0.552 bits per heavy atom. The lowest BCUT2D eigenvalue weighted by Gasteiger charge is -2.09. The third-order valence-corrected chi connectivity index (χ3v) is 5.66. The highest BCUT2D eigenvalue weighted by Crippen LogP contribution is 2.37. The lowest BCUT2D eigenvalue weighted by Crippen LogP contribution is -2.03. The van der Waals surface area contributed by atoms with E-state index in [1.807, 2.05) is 97.1 Å².